The molecule has 2 atom stereocenters. The maximum atomic E-state index is 13.3. The number of rotatable bonds is 5. The number of hydrogen-bond acceptors (Lipinski definition) is 5. The normalized spacial score (nSPS) is 39.5. The molecule has 0 radical (unpaired) electrons. The fourth-order valence-electron chi connectivity index (χ4n) is 5.41. The molecule has 4 bridgehead atoms. The summed E-state index contributed by atoms with van der Waals surface area (Å²) >= 11 is 0. The standard InChI is InChI=1S/C14H20F2O6S/c15-14(16,23(19,20)21)11(18)22-8-13-4-9-1-10(5-13)3-12(2-9,6-13)7-17/h9-10,17H,1-8H2,(H,19,20,21). The van der Waals surface area contributed by atoms with Crippen LogP contribution in [-0.2, 0) is 19.6 Å². The van der Waals surface area contributed by atoms with Crippen LogP contribution in [-0.4, -0.2) is 42.5 Å². The second kappa shape index (κ2) is 5.10. The van der Waals surface area contributed by atoms with Crippen LogP contribution in [0.3, 0.4) is 0 Å². The zero-order valence-corrected chi connectivity index (χ0v) is 13.3. The van der Waals surface area contributed by atoms with Gasteiger partial charge in [0.2, 0.25) is 0 Å². The highest BCUT2D eigenvalue weighted by Gasteiger charge is 2.59. The highest BCUT2D eigenvalue weighted by molar-refractivity contribution is 7.87. The van der Waals surface area contributed by atoms with Crippen LogP contribution < -0.4 is 0 Å². The van der Waals surface area contributed by atoms with E-state index in [4.69, 9.17) is 4.55 Å². The molecule has 2 unspecified atom stereocenters. The summed E-state index contributed by atoms with van der Waals surface area (Å²) in [5.74, 6) is -1.48. The number of ether oxygens (including phenoxy) is 1. The predicted molar refractivity (Wildman–Crippen MR) is 74.1 cm³/mol. The van der Waals surface area contributed by atoms with Crippen LogP contribution in [0.15, 0.2) is 0 Å². The number of halogens is 2. The first-order valence-corrected chi connectivity index (χ1v) is 9.08. The molecule has 9 heteroatoms. The molecule has 0 aromatic carbocycles. The van der Waals surface area contributed by atoms with E-state index in [2.05, 4.69) is 4.74 Å². The lowest BCUT2D eigenvalue weighted by molar-refractivity contribution is -0.181. The van der Waals surface area contributed by atoms with Crippen LogP contribution in [0, 0.1) is 22.7 Å². The summed E-state index contributed by atoms with van der Waals surface area (Å²) in [7, 11) is -5.84. The van der Waals surface area contributed by atoms with Crippen molar-refractivity contribution in [1.82, 2.24) is 0 Å². The fourth-order valence-corrected chi connectivity index (χ4v) is 5.68. The summed E-state index contributed by atoms with van der Waals surface area (Å²) in [6.07, 6.45) is 4.90. The Morgan fingerprint density at radius 3 is 2.17 bits per heavy atom. The van der Waals surface area contributed by atoms with Gasteiger partial charge >= 0.3 is 21.3 Å². The van der Waals surface area contributed by atoms with Crippen LogP contribution in [0.5, 0.6) is 0 Å². The number of alkyl halides is 2. The Hall–Kier alpha value is -0.800. The molecule has 6 nitrogen and oxygen atoms in total. The van der Waals surface area contributed by atoms with Crippen LogP contribution in [0.4, 0.5) is 8.78 Å². The van der Waals surface area contributed by atoms with Crippen molar-refractivity contribution in [3.05, 3.63) is 0 Å². The molecule has 0 aromatic heterocycles. The first-order valence-electron chi connectivity index (χ1n) is 7.64. The van der Waals surface area contributed by atoms with Crippen molar-refractivity contribution in [1.29, 1.82) is 0 Å². The van der Waals surface area contributed by atoms with Gasteiger partial charge in [0.1, 0.15) is 0 Å². The number of aliphatic hydroxyl groups excluding tert-OH is 1. The van der Waals surface area contributed by atoms with E-state index in [1.54, 1.807) is 0 Å². The topological polar surface area (TPSA) is 101 Å². The monoisotopic (exact) mass is 354 g/mol. The van der Waals surface area contributed by atoms with E-state index < -0.39 is 26.8 Å². The van der Waals surface area contributed by atoms with Crippen molar-refractivity contribution in [2.45, 2.75) is 43.8 Å². The molecule has 2 N–H and O–H groups in total. The average Bonchev–Trinajstić information content (AvgIpc) is 2.42. The number of carbonyl (C=O) groups excluding carboxylic acids is 1. The minimum absolute atomic E-state index is 0.0247. The average molecular weight is 354 g/mol. The lowest BCUT2D eigenvalue weighted by Gasteiger charge is -2.61. The third-order valence-corrected chi connectivity index (χ3v) is 6.52. The third kappa shape index (κ3) is 2.76. The van der Waals surface area contributed by atoms with Gasteiger partial charge in [-0.25, -0.2) is 4.79 Å². The van der Waals surface area contributed by atoms with Gasteiger partial charge in [0.05, 0.1) is 6.61 Å². The molecule has 4 aliphatic rings. The van der Waals surface area contributed by atoms with Crippen molar-refractivity contribution >= 4 is 16.1 Å². The number of carbonyl (C=O) groups is 1. The smallest absolute Gasteiger partial charge is 0.460 e. The zero-order valence-electron chi connectivity index (χ0n) is 12.5. The quantitative estimate of drug-likeness (QED) is 0.574. The molecular weight excluding hydrogens is 334 g/mol. The highest BCUT2D eigenvalue weighted by atomic mass is 32.2. The molecule has 0 amide bonds. The van der Waals surface area contributed by atoms with Gasteiger partial charge in [0.25, 0.3) is 0 Å². The first kappa shape index (κ1) is 17.0. The summed E-state index contributed by atoms with van der Waals surface area (Å²) < 4.78 is 60.8. The summed E-state index contributed by atoms with van der Waals surface area (Å²) in [6, 6.07) is 0. The summed E-state index contributed by atoms with van der Waals surface area (Å²) in [5.41, 5.74) is -0.708. The van der Waals surface area contributed by atoms with Gasteiger partial charge in [-0.15, -0.1) is 0 Å². The van der Waals surface area contributed by atoms with Crippen molar-refractivity contribution in [2.24, 2.45) is 22.7 Å². The Morgan fingerprint density at radius 2 is 1.70 bits per heavy atom. The third-order valence-electron chi connectivity index (χ3n) is 5.71. The molecule has 0 aromatic rings. The Morgan fingerprint density at radius 1 is 1.17 bits per heavy atom. The molecule has 132 valence electrons. The second-order valence-electron chi connectivity index (χ2n) is 7.69. The minimum Gasteiger partial charge on any atom is -0.460 e. The molecule has 23 heavy (non-hydrogen) atoms. The molecule has 4 fully saturated rings. The van der Waals surface area contributed by atoms with Crippen LogP contribution in [0.1, 0.15) is 38.5 Å². The van der Waals surface area contributed by atoms with Crippen molar-refractivity contribution < 1.29 is 36.4 Å². The van der Waals surface area contributed by atoms with Gasteiger partial charge in [-0.1, -0.05) is 0 Å². The van der Waals surface area contributed by atoms with Crippen molar-refractivity contribution in [3.63, 3.8) is 0 Å². The van der Waals surface area contributed by atoms with Gasteiger partial charge in [-0.05, 0) is 55.8 Å². The molecule has 0 spiro atoms. The molecule has 4 aliphatic carbocycles. The van der Waals surface area contributed by atoms with E-state index in [0.717, 1.165) is 32.1 Å². The first-order chi connectivity index (χ1) is 10.5. The number of aliphatic hydroxyl groups is 1. The summed E-state index contributed by atoms with van der Waals surface area (Å²) in [4.78, 5) is 11.4. The Kier molecular flexibility index (Phi) is 3.77. The van der Waals surface area contributed by atoms with Gasteiger partial charge < -0.3 is 9.84 Å². The highest BCUT2D eigenvalue weighted by Crippen LogP contribution is 2.65. The molecule has 4 saturated carbocycles. The molecular formula is C14H20F2O6S. The van der Waals surface area contributed by atoms with E-state index in [9.17, 15) is 27.1 Å². The molecule has 0 saturated heterocycles. The lowest BCUT2D eigenvalue weighted by atomic mass is 9.44. The minimum atomic E-state index is -5.84. The second-order valence-corrected chi connectivity index (χ2v) is 9.15. The Labute approximate surface area is 132 Å². The van der Waals surface area contributed by atoms with E-state index in [0.29, 0.717) is 18.3 Å². The van der Waals surface area contributed by atoms with Gasteiger partial charge in [0.15, 0.2) is 0 Å². The Bertz CT molecular complexity index is 603. The molecule has 4 rings (SSSR count). The number of hydrogen-bond donors (Lipinski definition) is 2. The fraction of sp³-hybridized carbons (Fsp3) is 0.929. The van der Waals surface area contributed by atoms with Crippen LogP contribution in [0.2, 0.25) is 0 Å². The van der Waals surface area contributed by atoms with Crippen LogP contribution in [0.25, 0.3) is 0 Å². The largest absolute Gasteiger partial charge is 0.465 e. The lowest BCUT2D eigenvalue weighted by Crippen LogP contribution is -2.55. The van der Waals surface area contributed by atoms with E-state index in [-0.39, 0.29) is 18.6 Å². The van der Waals surface area contributed by atoms with Crippen LogP contribution >= 0.6 is 0 Å². The van der Waals surface area contributed by atoms with E-state index in [1.807, 2.05) is 0 Å². The van der Waals surface area contributed by atoms with Gasteiger partial charge in [-0.3, -0.25) is 4.55 Å². The SMILES string of the molecule is O=C(OCC12CC3CC(CC(CO)(C3)C1)C2)C(F)(F)S(=O)(=O)O. The van der Waals surface area contributed by atoms with Gasteiger partial charge in [0, 0.05) is 12.0 Å². The number of esters is 1. The van der Waals surface area contributed by atoms with E-state index >= 15 is 0 Å². The van der Waals surface area contributed by atoms with Crippen molar-refractivity contribution in [2.75, 3.05) is 13.2 Å². The van der Waals surface area contributed by atoms with Crippen molar-refractivity contribution in [3.8, 4) is 0 Å². The maximum Gasteiger partial charge on any atom is 0.465 e. The van der Waals surface area contributed by atoms with Gasteiger partial charge in [-0.2, -0.15) is 17.2 Å². The maximum absolute atomic E-state index is 13.3. The summed E-state index contributed by atoms with van der Waals surface area (Å²) in [6.45, 7) is -0.275. The predicted octanol–water partition coefficient (Wildman–Crippen LogP) is 1.59. The van der Waals surface area contributed by atoms with E-state index in [1.165, 1.54) is 0 Å². The molecule has 0 heterocycles. The summed E-state index contributed by atoms with van der Waals surface area (Å²) in [5, 5.41) is 4.76. The molecule has 0 aliphatic heterocycles. The Balaban J connectivity index is 1.72. The zero-order chi connectivity index (χ0) is 17.1.